The van der Waals surface area contributed by atoms with E-state index >= 15 is 0 Å². The molecule has 2 amide bonds. The lowest BCUT2D eigenvalue weighted by atomic mass is 10.0. The third-order valence-electron chi connectivity index (χ3n) is 6.19. The number of hydrogen-bond donors (Lipinski definition) is 2. The summed E-state index contributed by atoms with van der Waals surface area (Å²) in [5, 5.41) is 2.71. The summed E-state index contributed by atoms with van der Waals surface area (Å²) in [6.07, 6.45) is 4.46. The van der Waals surface area contributed by atoms with Crippen LogP contribution in [0.5, 0.6) is 0 Å². The van der Waals surface area contributed by atoms with Crippen LogP contribution in [-0.2, 0) is 9.53 Å². The van der Waals surface area contributed by atoms with E-state index in [0.717, 1.165) is 40.8 Å². The molecule has 1 spiro atoms. The summed E-state index contributed by atoms with van der Waals surface area (Å²) in [6, 6.07) is 7.25. The van der Waals surface area contributed by atoms with E-state index in [9.17, 15) is 9.59 Å². The number of benzene rings is 1. The fraction of sp³-hybridized carbons (Fsp3) is 0.500. The molecule has 1 saturated heterocycles. The van der Waals surface area contributed by atoms with Gasteiger partial charge in [0.05, 0.1) is 18.8 Å². The maximum absolute atomic E-state index is 13.5. The van der Waals surface area contributed by atoms with E-state index in [-0.39, 0.29) is 23.3 Å². The van der Waals surface area contributed by atoms with Crippen molar-refractivity contribution in [3.05, 3.63) is 40.8 Å². The lowest BCUT2D eigenvalue weighted by molar-refractivity contribution is -0.135. The van der Waals surface area contributed by atoms with Gasteiger partial charge in [0, 0.05) is 22.8 Å². The van der Waals surface area contributed by atoms with Crippen molar-refractivity contribution in [2.45, 2.75) is 45.2 Å². The molecule has 2 aliphatic rings. The van der Waals surface area contributed by atoms with Crippen LogP contribution in [0.15, 0.2) is 34.9 Å². The quantitative estimate of drug-likeness (QED) is 0.676. The smallest absolute Gasteiger partial charge is 0.407 e. The minimum atomic E-state index is -0.630. The molecule has 0 radical (unpaired) electrons. The first-order valence-electron chi connectivity index (χ1n) is 10.3. The van der Waals surface area contributed by atoms with E-state index in [1.807, 2.05) is 49.2 Å². The second-order valence-electron chi connectivity index (χ2n) is 8.72. The average Bonchev–Trinajstić information content (AvgIpc) is 3.13. The van der Waals surface area contributed by atoms with Gasteiger partial charge in [-0.3, -0.25) is 4.79 Å². The number of nitrogens with zero attached hydrogens (tertiary/aromatic N) is 2. The molecule has 4 rings (SSSR count). The van der Waals surface area contributed by atoms with Crippen LogP contribution in [0.1, 0.15) is 45.0 Å². The molecule has 30 heavy (non-hydrogen) atoms. The van der Waals surface area contributed by atoms with Gasteiger partial charge in [0.15, 0.2) is 0 Å². The highest BCUT2D eigenvalue weighted by Gasteiger charge is 2.55. The number of methoxy groups -OCH3 is 1. The molecular formula is C22H27BrN4O3. The zero-order valence-electron chi connectivity index (χ0n) is 17.4. The number of imidazole rings is 1. The van der Waals surface area contributed by atoms with Gasteiger partial charge in [0.2, 0.25) is 5.91 Å². The van der Waals surface area contributed by atoms with Crippen molar-refractivity contribution in [2.75, 3.05) is 13.7 Å². The fourth-order valence-electron chi connectivity index (χ4n) is 4.23. The number of hydrogen-bond acceptors (Lipinski definition) is 4. The summed E-state index contributed by atoms with van der Waals surface area (Å²) in [7, 11) is 1.31. The SMILES string of the molecule is COC(=O)NC(C(=O)N1CC2(CC2)C[C@H]1c1nc(-c2ccc(Br)cc2)c[nH]1)C(C)C. The fourth-order valence-corrected chi connectivity index (χ4v) is 4.49. The standard InChI is InChI=1S/C22H27BrN4O3/c1-13(2)18(26-21(29)30-3)20(28)27-12-22(8-9-22)10-17(27)19-24-11-16(25-19)14-4-6-15(23)7-5-14/h4-7,11,13,17-18H,8-10,12H2,1-3H3,(H,24,25)(H,26,29)/t17-,18?/m0/s1. The maximum Gasteiger partial charge on any atom is 0.407 e. The molecule has 8 heteroatoms. The molecule has 2 aromatic rings. The van der Waals surface area contributed by atoms with Gasteiger partial charge in [-0.2, -0.15) is 0 Å². The van der Waals surface area contributed by atoms with Gasteiger partial charge in [0.25, 0.3) is 0 Å². The van der Waals surface area contributed by atoms with Crippen molar-refractivity contribution >= 4 is 27.9 Å². The molecule has 1 unspecified atom stereocenters. The van der Waals surface area contributed by atoms with Gasteiger partial charge >= 0.3 is 6.09 Å². The molecule has 2 fully saturated rings. The zero-order valence-corrected chi connectivity index (χ0v) is 19.0. The Bertz CT molecular complexity index is 936. The highest BCUT2D eigenvalue weighted by molar-refractivity contribution is 9.10. The third-order valence-corrected chi connectivity index (χ3v) is 6.72. The summed E-state index contributed by atoms with van der Waals surface area (Å²) in [5.74, 6) is 0.666. The largest absolute Gasteiger partial charge is 0.453 e. The topological polar surface area (TPSA) is 87.3 Å². The number of H-pyrrole nitrogens is 1. The van der Waals surface area contributed by atoms with Gasteiger partial charge in [-0.15, -0.1) is 0 Å². The van der Waals surface area contributed by atoms with E-state index < -0.39 is 12.1 Å². The number of nitrogens with one attached hydrogen (secondary N) is 2. The Hall–Kier alpha value is -2.35. The second-order valence-corrected chi connectivity index (χ2v) is 9.64. The molecule has 1 aliphatic heterocycles. The molecule has 0 bridgehead atoms. The monoisotopic (exact) mass is 474 g/mol. The number of carbonyl (C=O) groups is 2. The van der Waals surface area contributed by atoms with Gasteiger partial charge in [-0.1, -0.05) is 41.9 Å². The van der Waals surface area contributed by atoms with Crippen molar-refractivity contribution in [2.24, 2.45) is 11.3 Å². The predicted molar refractivity (Wildman–Crippen MR) is 117 cm³/mol. The average molecular weight is 475 g/mol. The number of aromatic nitrogens is 2. The number of rotatable bonds is 5. The Kier molecular flexibility index (Phi) is 5.61. The highest BCUT2D eigenvalue weighted by Crippen LogP contribution is 2.58. The number of alkyl carbamates (subject to hydrolysis) is 1. The Labute approximate surface area is 184 Å². The molecule has 1 aliphatic carbocycles. The summed E-state index contributed by atoms with van der Waals surface area (Å²) in [5.41, 5.74) is 2.07. The van der Waals surface area contributed by atoms with Crippen molar-refractivity contribution in [1.82, 2.24) is 20.2 Å². The minimum absolute atomic E-state index is 0.0528. The van der Waals surface area contributed by atoms with Crippen LogP contribution in [0.2, 0.25) is 0 Å². The van der Waals surface area contributed by atoms with Gasteiger partial charge in [-0.25, -0.2) is 9.78 Å². The zero-order chi connectivity index (χ0) is 21.5. The molecule has 2 N–H and O–H groups in total. The maximum atomic E-state index is 13.5. The van der Waals surface area contributed by atoms with E-state index in [0.29, 0.717) is 6.54 Å². The number of halogens is 1. The molecule has 2 heterocycles. The van der Waals surface area contributed by atoms with E-state index in [1.165, 1.54) is 7.11 Å². The number of likely N-dealkylation sites (tertiary alicyclic amines) is 1. The summed E-state index contributed by atoms with van der Waals surface area (Å²) in [4.78, 5) is 35.3. The molecule has 7 nitrogen and oxygen atoms in total. The van der Waals surface area contributed by atoms with Crippen molar-refractivity contribution in [1.29, 1.82) is 0 Å². The Balaban J connectivity index is 1.59. The second kappa shape index (κ2) is 8.06. The van der Waals surface area contributed by atoms with Gasteiger partial charge in [-0.05, 0) is 42.7 Å². The lowest BCUT2D eigenvalue weighted by Gasteiger charge is -2.30. The molecule has 160 valence electrons. The summed E-state index contributed by atoms with van der Waals surface area (Å²) in [6.45, 7) is 4.56. The van der Waals surface area contributed by atoms with Crippen LogP contribution in [-0.4, -0.2) is 46.6 Å². The number of aromatic amines is 1. The van der Waals surface area contributed by atoms with Crippen molar-refractivity contribution in [3.8, 4) is 11.3 Å². The molecule has 1 aromatic carbocycles. The number of ether oxygens (including phenoxy) is 1. The minimum Gasteiger partial charge on any atom is -0.453 e. The Morgan fingerprint density at radius 1 is 1.30 bits per heavy atom. The number of carbonyl (C=O) groups excluding carboxylic acids is 2. The predicted octanol–water partition coefficient (Wildman–Crippen LogP) is 4.27. The van der Waals surface area contributed by atoms with E-state index in [4.69, 9.17) is 9.72 Å². The lowest BCUT2D eigenvalue weighted by Crippen LogP contribution is -2.51. The van der Waals surface area contributed by atoms with Crippen LogP contribution in [0.25, 0.3) is 11.3 Å². The first-order chi connectivity index (χ1) is 14.3. The van der Waals surface area contributed by atoms with Crippen LogP contribution < -0.4 is 5.32 Å². The van der Waals surface area contributed by atoms with Crippen LogP contribution in [0, 0.1) is 11.3 Å². The third kappa shape index (κ3) is 4.10. The van der Waals surface area contributed by atoms with Gasteiger partial charge in [0.1, 0.15) is 11.9 Å². The summed E-state index contributed by atoms with van der Waals surface area (Å²) < 4.78 is 5.74. The Morgan fingerprint density at radius 3 is 2.60 bits per heavy atom. The molecule has 1 aromatic heterocycles. The van der Waals surface area contributed by atoms with Crippen molar-refractivity contribution < 1.29 is 14.3 Å². The Morgan fingerprint density at radius 2 is 2.00 bits per heavy atom. The summed E-state index contributed by atoms with van der Waals surface area (Å²) >= 11 is 3.46. The van der Waals surface area contributed by atoms with Gasteiger partial charge < -0.3 is 19.9 Å². The van der Waals surface area contributed by atoms with Crippen LogP contribution >= 0.6 is 15.9 Å². The first kappa shape index (κ1) is 20.9. The van der Waals surface area contributed by atoms with E-state index in [1.54, 1.807) is 0 Å². The normalized spacial score (nSPS) is 20.4. The van der Waals surface area contributed by atoms with Crippen LogP contribution in [0.3, 0.4) is 0 Å². The molecule has 1 saturated carbocycles. The van der Waals surface area contributed by atoms with E-state index in [2.05, 4.69) is 26.2 Å². The van der Waals surface area contributed by atoms with Crippen molar-refractivity contribution in [3.63, 3.8) is 0 Å². The van der Waals surface area contributed by atoms with Crippen LogP contribution in [0.4, 0.5) is 4.79 Å². The molecule has 2 atom stereocenters. The number of amides is 2. The highest BCUT2D eigenvalue weighted by atomic mass is 79.9. The molecular weight excluding hydrogens is 448 g/mol. The first-order valence-corrected chi connectivity index (χ1v) is 11.1.